The molecule has 2 heterocycles. The molecule has 0 bridgehead atoms. The lowest BCUT2D eigenvalue weighted by Gasteiger charge is -2.59. The van der Waals surface area contributed by atoms with E-state index in [9.17, 15) is 43.7 Å². The zero-order chi connectivity index (χ0) is 55.8. The van der Waals surface area contributed by atoms with Crippen LogP contribution in [-0.4, -0.2) is 107 Å². The Hall–Kier alpha value is -4.65. The first-order valence-electron chi connectivity index (χ1n) is 28.8. The number of nitrogens with zero attached hydrogens (tertiary/aromatic N) is 1. The minimum atomic E-state index is -4.97. The summed E-state index contributed by atoms with van der Waals surface area (Å²) in [6, 6.07) is 18.2. The van der Waals surface area contributed by atoms with Crippen LogP contribution in [0.25, 0.3) is 0 Å². The number of ketones is 2. The zero-order valence-corrected chi connectivity index (χ0v) is 47.8. The molecule has 4 saturated carbocycles. The lowest BCUT2D eigenvalue weighted by atomic mass is 9.46. The van der Waals surface area contributed by atoms with Crippen molar-refractivity contribution in [3.63, 3.8) is 0 Å². The van der Waals surface area contributed by atoms with Gasteiger partial charge in [0.2, 0.25) is 5.78 Å². The number of Topliss-reactive ketones (excluding diaryl/α,β-unsaturated/α-hetero) is 1. The van der Waals surface area contributed by atoms with Crippen molar-refractivity contribution in [2.75, 3.05) is 39.5 Å². The molecule has 9 rings (SSSR count). The highest BCUT2D eigenvalue weighted by molar-refractivity contribution is 7.46. The standard InChI is InChI=1S/C61H80N3O14P.ClH/c1-59-27-26-47(65)33-46(59)23-24-48-49-34-54-61(60(49,2)35-50(66)56(48)59,77-58(76-54)42-19-9-6-10-20-42)53(68)40-75-55(69)37-63-57(70)44-21-15-29-64(38-44)39-45-32-43(22-25-52(45)78-79(71,72)73)51(67)36-62-28-12-3-4-13-30-74-31-14-11-18-41-16-7-5-8-17-41;/h5,7-8,15-17,21-22,25-27,29,32-33,38,42,48-51,54,56,58,62,66-67H,3-4,6,9-14,18-20,23-24,28,30-31,34-37,39-40H2,1-2H3,(H2-,63,70,71,72,73);1H/t48?,49?,50-,51?,54-,56?,58+,59-,60-,61+;/m0./s1. The number of rotatable bonds is 26. The van der Waals surface area contributed by atoms with Crippen LogP contribution < -0.4 is 32.1 Å². The molecule has 80 heavy (non-hydrogen) atoms. The summed E-state index contributed by atoms with van der Waals surface area (Å²) in [4.78, 5) is 73.7. The van der Waals surface area contributed by atoms with E-state index >= 15 is 0 Å². The van der Waals surface area contributed by atoms with Crippen molar-refractivity contribution in [2.45, 2.75) is 153 Å². The molecule has 0 radical (unpaired) electrons. The fraction of sp³-hybridized carbons (Fsp3) is 0.590. The number of nitrogens with one attached hydrogen (secondary N) is 2. The quantitative estimate of drug-likeness (QED) is 0.0281. The number of ether oxygens (including phenoxy) is 4. The van der Waals surface area contributed by atoms with Crippen molar-refractivity contribution < 1.29 is 84.2 Å². The Labute approximate surface area is 476 Å². The van der Waals surface area contributed by atoms with Crippen molar-refractivity contribution in [1.82, 2.24) is 10.6 Å². The average molecular weight is 1150 g/mol. The third-order valence-electron chi connectivity index (χ3n) is 18.2. The predicted octanol–water partition coefficient (Wildman–Crippen LogP) is 4.51. The molecule has 6 aliphatic rings. The molecule has 1 saturated heterocycles. The second kappa shape index (κ2) is 27.2. The molecule has 1 aliphatic heterocycles. The van der Waals surface area contributed by atoms with Crippen molar-refractivity contribution >= 4 is 31.3 Å². The van der Waals surface area contributed by atoms with E-state index in [4.69, 9.17) is 23.5 Å². The maximum absolute atomic E-state index is 14.9. The van der Waals surface area contributed by atoms with Crippen LogP contribution in [0.3, 0.4) is 0 Å². The Kier molecular flexibility index (Phi) is 20.9. The van der Waals surface area contributed by atoms with Gasteiger partial charge in [-0.25, -0.2) is 4.57 Å². The van der Waals surface area contributed by atoms with Gasteiger partial charge in [0, 0.05) is 48.5 Å². The van der Waals surface area contributed by atoms with Gasteiger partial charge >= 0.3 is 13.8 Å². The molecular weight excluding hydrogens is 1070 g/mol. The third kappa shape index (κ3) is 14.0. The van der Waals surface area contributed by atoms with Gasteiger partial charge in [-0.05, 0) is 130 Å². The Morgan fingerprint density at radius 3 is 2.48 bits per heavy atom. The second-order valence-corrected chi connectivity index (χ2v) is 24.5. The number of phosphoric ester groups is 1. The molecule has 5 fully saturated rings. The molecule has 2 aromatic carbocycles. The number of allylic oxidation sites excluding steroid dienone is 4. The molecule has 0 spiro atoms. The van der Waals surface area contributed by atoms with E-state index in [0.29, 0.717) is 30.5 Å². The summed E-state index contributed by atoms with van der Waals surface area (Å²) in [5.74, 6) is -2.11. The van der Waals surface area contributed by atoms with Gasteiger partial charge in [-0.1, -0.05) is 94.0 Å². The number of benzene rings is 2. The first kappa shape index (κ1) is 61.4. The Bertz CT molecular complexity index is 2750. The topological polar surface area (TPSA) is 240 Å². The average Bonchev–Trinajstić information content (AvgIpc) is 3.94. The van der Waals surface area contributed by atoms with E-state index in [2.05, 4.69) is 41.8 Å². The number of halogens is 1. The van der Waals surface area contributed by atoms with Crippen LogP contribution in [0.4, 0.5) is 0 Å². The number of hydrogen-bond acceptors (Lipinski definition) is 13. The van der Waals surface area contributed by atoms with E-state index < -0.39 is 79.7 Å². The minimum Gasteiger partial charge on any atom is -1.00 e. The number of carbonyl (C=O) groups excluding carboxylic acids is 4. The number of phosphoric acid groups is 1. The molecule has 19 heteroatoms. The van der Waals surface area contributed by atoms with Gasteiger partial charge in [0.05, 0.1) is 23.9 Å². The highest BCUT2D eigenvalue weighted by Crippen LogP contribution is 2.70. The van der Waals surface area contributed by atoms with Crippen LogP contribution in [0.1, 0.15) is 143 Å². The summed E-state index contributed by atoms with van der Waals surface area (Å²) in [5.41, 5.74) is 0.544. The Balaban J connectivity index is 0.00000841. The molecular formula is C61H81ClN3O14P. The molecule has 17 nitrogen and oxygen atoms in total. The van der Waals surface area contributed by atoms with Crippen molar-refractivity contribution in [3.8, 4) is 5.75 Å². The van der Waals surface area contributed by atoms with E-state index in [1.165, 1.54) is 23.9 Å². The molecule has 436 valence electrons. The summed E-state index contributed by atoms with van der Waals surface area (Å²) in [6.07, 6.45) is 20.0. The zero-order valence-electron chi connectivity index (χ0n) is 46.2. The SMILES string of the molecule is C[C@]12C=CC(=O)C=C1CCC1C2[C@@H](O)C[C@@]2(C)C1C[C@@H]1O[C@@H](C3CCCCC3)O[C@]12C(=O)COC(=O)CNC(=O)c1ccc[n+](Cc2cc(C(O)CNCCCCCCOCCCCc3ccccc3)ccc2OP(=O)(O)O)c1.[Cl-]. The van der Waals surface area contributed by atoms with Gasteiger partial charge < -0.3 is 56.7 Å². The lowest BCUT2D eigenvalue weighted by molar-refractivity contribution is -0.688. The third-order valence-corrected chi connectivity index (χ3v) is 18.6. The normalized spacial score (nSPS) is 28.3. The molecule has 5 aliphatic carbocycles. The largest absolute Gasteiger partial charge is 1.00 e. The lowest BCUT2D eigenvalue weighted by Crippen LogP contribution is -3.00. The number of aryl methyl sites for hydroxylation is 1. The number of carbonyl (C=O) groups is 4. The number of aromatic nitrogens is 1. The predicted molar refractivity (Wildman–Crippen MR) is 292 cm³/mol. The molecule has 4 unspecified atom stereocenters. The van der Waals surface area contributed by atoms with Crippen molar-refractivity contribution in [1.29, 1.82) is 0 Å². The van der Waals surface area contributed by atoms with Gasteiger partial charge in [-0.2, -0.15) is 4.57 Å². The molecule has 1 aromatic heterocycles. The molecule has 3 aromatic rings. The highest BCUT2D eigenvalue weighted by atomic mass is 35.5. The van der Waals surface area contributed by atoms with Gasteiger partial charge in [0.1, 0.15) is 17.9 Å². The van der Waals surface area contributed by atoms with Crippen LogP contribution in [0.5, 0.6) is 5.75 Å². The molecule has 1 amide bonds. The van der Waals surface area contributed by atoms with Gasteiger partial charge in [-0.15, -0.1) is 0 Å². The second-order valence-electron chi connectivity index (χ2n) is 23.4. The molecule has 6 N–H and O–H groups in total. The van der Waals surface area contributed by atoms with Gasteiger partial charge in [0.25, 0.3) is 5.91 Å². The maximum atomic E-state index is 14.9. The van der Waals surface area contributed by atoms with Crippen LogP contribution >= 0.6 is 7.82 Å². The number of hydrogen-bond donors (Lipinski definition) is 6. The number of fused-ring (bicyclic) bond motifs is 7. The fourth-order valence-electron chi connectivity index (χ4n) is 14.3. The number of aliphatic hydroxyl groups excluding tert-OH is 2. The van der Waals surface area contributed by atoms with Gasteiger partial charge in [0.15, 0.2) is 43.2 Å². The summed E-state index contributed by atoms with van der Waals surface area (Å²) < 4.78 is 43.9. The van der Waals surface area contributed by atoms with Crippen LogP contribution in [0, 0.1) is 34.5 Å². The number of aliphatic hydroxyl groups is 2. The smallest absolute Gasteiger partial charge is 0.524 e. The van der Waals surface area contributed by atoms with Crippen LogP contribution in [-0.2, 0) is 50.9 Å². The number of unbranched alkanes of at least 4 members (excludes halogenated alkanes) is 4. The van der Waals surface area contributed by atoms with Gasteiger partial charge in [-0.3, -0.25) is 29.0 Å². The first-order chi connectivity index (χ1) is 38.0. The van der Waals surface area contributed by atoms with E-state index in [-0.39, 0.29) is 72.7 Å². The van der Waals surface area contributed by atoms with E-state index in [1.54, 1.807) is 41.1 Å². The van der Waals surface area contributed by atoms with E-state index in [1.807, 2.05) is 19.1 Å². The first-order valence-corrected chi connectivity index (χ1v) is 30.3. The van der Waals surface area contributed by atoms with Crippen LogP contribution in [0.15, 0.2) is 96.9 Å². The summed E-state index contributed by atoms with van der Waals surface area (Å²) in [6.45, 7) is 5.43. The Morgan fingerprint density at radius 2 is 1.70 bits per heavy atom. The van der Waals surface area contributed by atoms with Crippen molar-refractivity contribution in [3.05, 3.63) is 119 Å². The minimum absolute atomic E-state index is 0. The molecule has 10 atom stereocenters. The van der Waals surface area contributed by atoms with Crippen LogP contribution in [0.2, 0.25) is 0 Å². The number of esters is 1. The number of pyridine rings is 1. The Morgan fingerprint density at radius 1 is 0.938 bits per heavy atom. The monoisotopic (exact) mass is 1150 g/mol. The summed E-state index contributed by atoms with van der Waals surface area (Å²) in [7, 11) is -4.97. The summed E-state index contributed by atoms with van der Waals surface area (Å²) in [5, 5.41) is 29.2. The fourth-order valence-corrected chi connectivity index (χ4v) is 14.7. The highest BCUT2D eigenvalue weighted by Gasteiger charge is 2.76. The van der Waals surface area contributed by atoms with Crippen molar-refractivity contribution in [2.24, 2.45) is 34.5 Å². The summed E-state index contributed by atoms with van der Waals surface area (Å²) >= 11 is 0. The number of amides is 1. The van der Waals surface area contributed by atoms with E-state index in [0.717, 1.165) is 102 Å². The maximum Gasteiger partial charge on any atom is 0.524 e.